The van der Waals surface area contributed by atoms with Crippen LogP contribution in [0, 0.1) is 0 Å². The quantitative estimate of drug-likeness (QED) is 0.396. The van der Waals surface area contributed by atoms with Crippen LogP contribution in [0.2, 0.25) is 0 Å². The van der Waals surface area contributed by atoms with Crippen molar-refractivity contribution in [1.29, 1.82) is 0 Å². The van der Waals surface area contributed by atoms with E-state index in [4.69, 9.17) is 4.74 Å². The second-order valence-electron chi connectivity index (χ2n) is 5.96. The molecule has 0 saturated heterocycles. The average molecular weight is 405 g/mol. The van der Waals surface area contributed by atoms with Gasteiger partial charge in [-0.05, 0) is 17.0 Å². The maximum absolute atomic E-state index is 5.79. The molecule has 0 bridgehead atoms. The van der Waals surface area contributed by atoms with Crippen molar-refractivity contribution in [1.82, 2.24) is 9.97 Å². The molecule has 128 valence electrons. The maximum atomic E-state index is 5.79. The van der Waals surface area contributed by atoms with E-state index in [0.29, 0.717) is 17.8 Å². The van der Waals surface area contributed by atoms with Crippen LogP contribution in [0.3, 0.4) is 0 Å². The number of hydrogen-bond acceptors (Lipinski definition) is 3. The molecule has 4 rings (SSSR count). The van der Waals surface area contributed by atoms with Gasteiger partial charge >= 0.3 is 0 Å². The molecule has 0 spiro atoms. The van der Waals surface area contributed by atoms with Gasteiger partial charge in [-0.1, -0.05) is 70.5 Å². The van der Waals surface area contributed by atoms with Crippen molar-refractivity contribution in [3.63, 3.8) is 0 Å². The number of halogens is 1. The van der Waals surface area contributed by atoms with Crippen LogP contribution >= 0.6 is 15.9 Å². The highest BCUT2D eigenvalue weighted by Gasteiger charge is 2.11. The normalized spacial score (nSPS) is 10.8. The van der Waals surface area contributed by atoms with Gasteiger partial charge in [-0.3, -0.25) is 4.98 Å². The van der Waals surface area contributed by atoms with Crippen LogP contribution < -0.4 is 4.74 Å². The van der Waals surface area contributed by atoms with Gasteiger partial charge in [-0.25, -0.2) is 4.98 Å². The van der Waals surface area contributed by atoms with E-state index in [-0.39, 0.29) is 0 Å². The summed E-state index contributed by atoms with van der Waals surface area (Å²) in [5.74, 6) is 0.617. The van der Waals surface area contributed by atoms with Gasteiger partial charge in [0.2, 0.25) is 5.88 Å². The first-order valence-corrected chi connectivity index (χ1v) is 9.53. The summed E-state index contributed by atoms with van der Waals surface area (Å²) in [5, 5.41) is 2.99. The van der Waals surface area contributed by atoms with Crippen LogP contribution in [-0.4, -0.2) is 9.97 Å². The SMILES string of the molecule is BrCc1ncc2ccccc2c1-c1ccc(OCc2ccccc2)nc1. The molecule has 2 aromatic heterocycles. The molecule has 0 radical (unpaired) electrons. The van der Waals surface area contributed by atoms with Gasteiger partial charge in [-0.2, -0.15) is 0 Å². The zero-order valence-electron chi connectivity index (χ0n) is 14.1. The fourth-order valence-electron chi connectivity index (χ4n) is 2.97. The molecule has 0 saturated carbocycles. The monoisotopic (exact) mass is 404 g/mol. The summed E-state index contributed by atoms with van der Waals surface area (Å²) in [6.07, 6.45) is 3.77. The molecule has 0 aliphatic heterocycles. The summed E-state index contributed by atoms with van der Waals surface area (Å²) in [4.78, 5) is 9.08. The minimum Gasteiger partial charge on any atom is -0.473 e. The number of benzene rings is 2. The first-order valence-electron chi connectivity index (χ1n) is 8.41. The fraction of sp³-hybridized carbons (Fsp3) is 0.0909. The molecule has 2 heterocycles. The van der Waals surface area contributed by atoms with E-state index in [1.807, 2.05) is 60.9 Å². The molecule has 0 unspecified atom stereocenters. The van der Waals surface area contributed by atoms with Crippen molar-refractivity contribution in [2.75, 3.05) is 0 Å². The number of fused-ring (bicyclic) bond motifs is 1. The average Bonchev–Trinajstić information content (AvgIpc) is 2.72. The molecule has 0 aliphatic carbocycles. The molecule has 0 amide bonds. The summed E-state index contributed by atoms with van der Waals surface area (Å²) < 4.78 is 5.79. The first kappa shape index (κ1) is 16.7. The van der Waals surface area contributed by atoms with Gasteiger partial charge in [-0.15, -0.1) is 0 Å². The molecule has 4 aromatic rings. The van der Waals surface area contributed by atoms with Gasteiger partial charge in [0.15, 0.2) is 0 Å². The lowest BCUT2D eigenvalue weighted by Gasteiger charge is -2.11. The van der Waals surface area contributed by atoms with Crippen molar-refractivity contribution in [3.8, 4) is 17.0 Å². The van der Waals surface area contributed by atoms with E-state index in [2.05, 4.69) is 44.1 Å². The van der Waals surface area contributed by atoms with E-state index in [1.54, 1.807) is 0 Å². The summed E-state index contributed by atoms with van der Waals surface area (Å²) in [6, 6.07) is 22.3. The number of nitrogens with zero attached hydrogens (tertiary/aromatic N) is 2. The third kappa shape index (κ3) is 3.46. The van der Waals surface area contributed by atoms with Crippen molar-refractivity contribution >= 4 is 26.7 Å². The topological polar surface area (TPSA) is 35.0 Å². The summed E-state index contributed by atoms with van der Waals surface area (Å²) in [7, 11) is 0. The van der Waals surface area contributed by atoms with Crippen molar-refractivity contribution in [3.05, 3.63) is 90.4 Å². The fourth-order valence-corrected chi connectivity index (χ4v) is 3.40. The Hall–Kier alpha value is -2.72. The number of alkyl halides is 1. The van der Waals surface area contributed by atoms with Crippen LogP contribution in [0.15, 0.2) is 79.1 Å². The number of rotatable bonds is 5. The summed E-state index contributed by atoms with van der Waals surface area (Å²) in [6.45, 7) is 0.510. The van der Waals surface area contributed by atoms with Gasteiger partial charge in [0, 0.05) is 40.3 Å². The lowest BCUT2D eigenvalue weighted by molar-refractivity contribution is 0.294. The molecule has 0 atom stereocenters. The van der Waals surface area contributed by atoms with Gasteiger partial charge < -0.3 is 4.74 Å². The van der Waals surface area contributed by atoms with E-state index in [0.717, 1.165) is 27.8 Å². The number of pyridine rings is 2. The third-order valence-electron chi connectivity index (χ3n) is 4.26. The highest BCUT2D eigenvalue weighted by molar-refractivity contribution is 9.08. The Balaban J connectivity index is 1.64. The van der Waals surface area contributed by atoms with Crippen LogP contribution in [0.25, 0.3) is 21.9 Å². The highest BCUT2D eigenvalue weighted by atomic mass is 79.9. The Bertz CT molecular complexity index is 1020. The highest BCUT2D eigenvalue weighted by Crippen LogP contribution is 2.32. The second-order valence-corrected chi connectivity index (χ2v) is 6.52. The first-order chi connectivity index (χ1) is 12.8. The van der Waals surface area contributed by atoms with E-state index < -0.39 is 0 Å². The molecule has 0 fully saturated rings. The van der Waals surface area contributed by atoms with E-state index in [1.165, 1.54) is 5.39 Å². The van der Waals surface area contributed by atoms with Crippen LogP contribution in [0.4, 0.5) is 0 Å². The molecular weight excluding hydrogens is 388 g/mol. The van der Waals surface area contributed by atoms with E-state index >= 15 is 0 Å². The molecule has 4 heteroatoms. The number of hydrogen-bond donors (Lipinski definition) is 0. The van der Waals surface area contributed by atoms with Crippen LogP contribution in [0.1, 0.15) is 11.3 Å². The molecule has 0 N–H and O–H groups in total. The van der Waals surface area contributed by atoms with Crippen LogP contribution in [-0.2, 0) is 11.9 Å². The Labute approximate surface area is 160 Å². The van der Waals surface area contributed by atoms with Crippen LogP contribution in [0.5, 0.6) is 5.88 Å². The predicted molar refractivity (Wildman–Crippen MR) is 108 cm³/mol. The Morgan fingerprint density at radius 3 is 2.38 bits per heavy atom. The van der Waals surface area contributed by atoms with Gasteiger partial charge in [0.1, 0.15) is 6.61 Å². The van der Waals surface area contributed by atoms with Crippen molar-refractivity contribution < 1.29 is 4.74 Å². The summed E-state index contributed by atoms with van der Waals surface area (Å²) >= 11 is 3.55. The van der Waals surface area contributed by atoms with Crippen molar-refractivity contribution in [2.45, 2.75) is 11.9 Å². The predicted octanol–water partition coefficient (Wildman–Crippen LogP) is 5.77. The molecular formula is C22H17BrN2O. The zero-order chi connectivity index (χ0) is 17.8. The Morgan fingerprint density at radius 1 is 0.808 bits per heavy atom. The number of ether oxygens (including phenoxy) is 1. The summed E-state index contributed by atoms with van der Waals surface area (Å²) in [5.41, 5.74) is 4.28. The Morgan fingerprint density at radius 2 is 1.62 bits per heavy atom. The lowest BCUT2D eigenvalue weighted by atomic mass is 9.99. The van der Waals surface area contributed by atoms with Gasteiger partial charge in [0.25, 0.3) is 0 Å². The standard InChI is InChI=1S/C22H17BrN2O/c23-12-20-22(19-9-5-4-8-17(19)13-24-20)18-10-11-21(25-14-18)26-15-16-6-2-1-3-7-16/h1-11,13-14H,12,15H2. The number of aromatic nitrogens is 2. The maximum Gasteiger partial charge on any atom is 0.213 e. The van der Waals surface area contributed by atoms with E-state index in [9.17, 15) is 0 Å². The minimum absolute atomic E-state index is 0.510. The zero-order valence-corrected chi connectivity index (χ0v) is 15.7. The molecule has 2 aromatic carbocycles. The smallest absolute Gasteiger partial charge is 0.213 e. The Kier molecular flexibility index (Phi) is 4.93. The second kappa shape index (κ2) is 7.67. The largest absolute Gasteiger partial charge is 0.473 e. The van der Waals surface area contributed by atoms with Crippen molar-refractivity contribution in [2.24, 2.45) is 0 Å². The lowest BCUT2D eigenvalue weighted by Crippen LogP contribution is -1.98. The molecule has 0 aliphatic rings. The molecule has 3 nitrogen and oxygen atoms in total. The molecule has 26 heavy (non-hydrogen) atoms. The third-order valence-corrected chi connectivity index (χ3v) is 4.79. The van der Waals surface area contributed by atoms with Gasteiger partial charge in [0.05, 0.1) is 5.69 Å². The minimum atomic E-state index is 0.510.